The molecule has 0 aromatic heterocycles. The van der Waals surface area contributed by atoms with Crippen LogP contribution in [0.5, 0.6) is 11.5 Å². The molecule has 18 heavy (non-hydrogen) atoms. The van der Waals surface area contributed by atoms with Crippen molar-refractivity contribution in [2.24, 2.45) is 0 Å². The third-order valence-electron chi connectivity index (χ3n) is 2.31. The predicted octanol–water partition coefficient (Wildman–Crippen LogP) is 4.53. The van der Waals surface area contributed by atoms with Gasteiger partial charge >= 0.3 is 0 Å². The van der Waals surface area contributed by atoms with E-state index in [1.54, 1.807) is 24.3 Å². The summed E-state index contributed by atoms with van der Waals surface area (Å²) in [4.78, 5) is 0. The van der Waals surface area contributed by atoms with Gasteiger partial charge in [0.1, 0.15) is 5.75 Å². The zero-order valence-corrected chi connectivity index (χ0v) is 11.5. The molecule has 2 aromatic carbocycles. The molecular formula is C13H9BrClFO2. The molecule has 0 saturated heterocycles. The molecule has 0 radical (unpaired) electrons. The van der Waals surface area contributed by atoms with Crippen molar-refractivity contribution in [2.45, 2.75) is 6.61 Å². The number of benzene rings is 2. The highest BCUT2D eigenvalue weighted by atomic mass is 79.9. The van der Waals surface area contributed by atoms with Gasteiger partial charge in [0, 0.05) is 15.1 Å². The first-order valence-corrected chi connectivity index (χ1v) is 6.29. The lowest BCUT2D eigenvalue weighted by molar-refractivity contribution is 0.276. The van der Waals surface area contributed by atoms with Crippen LogP contribution in [0.15, 0.2) is 40.9 Å². The number of aliphatic hydroxyl groups excluding tert-OH is 1. The van der Waals surface area contributed by atoms with Gasteiger partial charge < -0.3 is 9.84 Å². The Morgan fingerprint density at radius 3 is 2.56 bits per heavy atom. The molecule has 0 atom stereocenters. The van der Waals surface area contributed by atoms with Crippen LogP contribution in [0.25, 0.3) is 0 Å². The number of hydrogen-bond acceptors (Lipinski definition) is 2. The number of ether oxygens (including phenoxy) is 1. The molecule has 0 spiro atoms. The lowest BCUT2D eigenvalue weighted by Crippen LogP contribution is -1.93. The monoisotopic (exact) mass is 330 g/mol. The van der Waals surface area contributed by atoms with E-state index in [0.717, 1.165) is 0 Å². The van der Waals surface area contributed by atoms with Crippen LogP contribution in [0.1, 0.15) is 5.56 Å². The van der Waals surface area contributed by atoms with Crippen molar-refractivity contribution in [3.05, 3.63) is 57.3 Å². The molecule has 0 amide bonds. The zero-order valence-electron chi connectivity index (χ0n) is 9.16. The molecule has 0 aliphatic heterocycles. The molecule has 0 saturated carbocycles. The Labute approximate surface area is 117 Å². The van der Waals surface area contributed by atoms with Crippen LogP contribution < -0.4 is 4.74 Å². The first kappa shape index (κ1) is 13.3. The van der Waals surface area contributed by atoms with Gasteiger partial charge in [-0.15, -0.1) is 0 Å². The van der Waals surface area contributed by atoms with E-state index in [-0.39, 0.29) is 12.4 Å². The summed E-state index contributed by atoms with van der Waals surface area (Å²) < 4.78 is 19.7. The van der Waals surface area contributed by atoms with Crippen LogP contribution >= 0.6 is 27.5 Å². The van der Waals surface area contributed by atoms with E-state index in [1.165, 1.54) is 12.1 Å². The fraction of sp³-hybridized carbons (Fsp3) is 0.0769. The van der Waals surface area contributed by atoms with Gasteiger partial charge in [0.25, 0.3) is 0 Å². The lowest BCUT2D eigenvalue weighted by atomic mass is 10.2. The largest absolute Gasteiger partial charge is 0.454 e. The van der Waals surface area contributed by atoms with Crippen LogP contribution in [0.4, 0.5) is 4.39 Å². The van der Waals surface area contributed by atoms with Crippen LogP contribution in [-0.4, -0.2) is 5.11 Å². The van der Waals surface area contributed by atoms with Gasteiger partial charge in [0.2, 0.25) is 0 Å². The van der Waals surface area contributed by atoms with Gasteiger partial charge in [0.05, 0.1) is 6.61 Å². The van der Waals surface area contributed by atoms with Crippen molar-refractivity contribution >= 4 is 27.5 Å². The summed E-state index contributed by atoms with van der Waals surface area (Å²) in [6, 6.07) is 9.28. The minimum atomic E-state index is -0.483. The summed E-state index contributed by atoms with van der Waals surface area (Å²) in [6.45, 7) is -0.228. The highest BCUT2D eigenvalue weighted by molar-refractivity contribution is 9.10. The second kappa shape index (κ2) is 5.69. The molecule has 2 rings (SSSR count). The normalized spacial score (nSPS) is 10.4. The lowest BCUT2D eigenvalue weighted by Gasteiger charge is -2.10. The molecule has 2 aromatic rings. The molecule has 0 aliphatic carbocycles. The average Bonchev–Trinajstić information content (AvgIpc) is 2.34. The summed E-state index contributed by atoms with van der Waals surface area (Å²) in [6.07, 6.45) is 0. The maximum absolute atomic E-state index is 13.6. The first-order valence-electron chi connectivity index (χ1n) is 5.12. The van der Waals surface area contributed by atoms with E-state index in [0.29, 0.717) is 20.8 Å². The van der Waals surface area contributed by atoms with E-state index in [2.05, 4.69) is 15.9 Å². The molecule has 0 fully saturated rings. The van der Waals surface area contributed by atoms with Crippen molar-refractivity contribution < 1.29 is 14.2 Å². The van der Waals surface area contributed by atoms with E-state index in [4.69, 9.17) is 16.3 Å². The number of hydrogen-bond donors (Lipinski definition) is 1. The second-order valence-electron chi connectivity index (χ2n) is 3.59. The summed E-state index contributed by atoms with van der Waals surface area (Å²) in [5.41, 5.74) is 0.504. The highest BCUT2D eigenvalue weighted by Gasteiger charge is 2.09. The average molecular weight is 332 g/mol. The predicted molar refractivity (Wildman–Crippen MR) is 71.5 cm³/mol. The van der Waals surface area contributed by atoms with E-state index in [1.807, 2.05) is 0 Å². The van der Waals surface area contributed by atoms with Crippen molar-refractivity contribution in [1.82, 2.24) is 0 Å². The molecule has 1 N–H and O–H groups in total. The van der Waals surface area contributed by atoms with E-state index in [9.17, 15) is 9.50 Å². The van der Waals surface area contributed by atoms with Crippen LogP contribution in [0.2, 0.25) is 5.02 Å². The van der Waals surface area contributed by atoms with E-state index >= 15 is 0 Å². The van der Waals surface area contributed by atoms with Crippen molar-refractivity contribution in [3.63, 3.8) is 0 Å². The minimum Gasteiger partial charge on any atom is -0.454 e. The van der Waals surface area contributed by atoms with Gasteiger partial charge in [-0.2, -0.15) is 0 Å². The fourth-order valence-electron chi connectivity index (χ4n) is 1.45. The molecule has 5 heteroatoms. The maximum Gasteiger partial charge on any atom is 0.166 e. The number of aliphatic hydroxyl groups is 1. The third-order valence-corrected chi connectivity index (χ3v) is 3.04. The molecule has 0 aliphatic rings. The zero-order chi connectivity index (χ0) is 13.1. The Hall–Kier alpha value is -1.10. The Morgan fingerprint density at radius 2 is 1.89 bits per heavy atom. The third kappa shape index (κ3) is 3.02. The smallest absolute Gasteiger partial charge is 0.166 e. The first-order chi connectivity index (χ1) is 8.60. The topological polar surface area (TPSA) is 29.5 Å². The molecule has 0 unspecified atom stereocenters. The molecule has 2 nitrogen and oxygen atoms in total. The Morgan fingerprint density at radius 1 is 1.17 bits per heavy atom. The van der Waals surface area contributed by atoms with Gasteiger partial charge in [-0.25, -0.2) is 4.39 Å². The molecule has 94 valence electrons. The Balaban J connectivity index is 2.33. The van der Waals surface area contributed by atoms with Crippen LogP contribution in [0.3, 0.4) is 0 Å². The SMILES string of the molecule is OCc1cc(Cl)ccc1Oc1ccc(Br)cc1F. The van der Waals surface area contributed by atoms with E-state index < -0.39 is 5.82 Å². The molecule has 0 bridgehead atoms. The quantitative estimate of drug-likeness (QED) is 0.895. The van der Waals surface area contributed by atoms with Gasteiger partial charge in [-0.3, -0.25) is 0 Å². The Bertz CT molecular complexity index is 575. The van der Waals surface area contributed by atoms with Gasteiger partial charge in [-0.1, -0.05) is 27.5 Å². The number of rotatable bonds is 3. The number of halogens is 3. The van der Waals surface area contributed by atoms with Crippen molar-refractivity contribution in [3.8, 4) is 11.5 Å². The summed E-state index contributed by atoms with van der Waals surface area (Å²) in [5, 5.41) is 9.68. The summed E-state index contributed by atoms with van der Waals surface area (Å²) >= 11 is 8.97. The highest BCUT2D eigenvalue weighted by Crippen LogP contribution is 2.30. The minimum absolute atomic E-state index is 0.0928. The van der Waals surface area contributed by atoms with Crippen LogP contribution in [-0.2, 0) is 6.61 Å². The maximum atomic E-state index is 13.6. The van der Waals surface area contributed by atoms with Gasteiger partial charge in [0.15, 0.2) is 11.6 Å². The van der Waals surface area contributed by atoms with Crippen molar-refractivity contribution in [2.75, 3.05) is 0 Å². The molecular weight excluding hydrogens is 322 g/mol. The fourth-order valence-corrected chi connectivity index (χ4v) is 1.98. The van der Waals surface area contributed by atoms with Gasteiger partial charge in [-0.05, 0) is 36.4 Å². The second-order valence-corrected chi connectivity index (χ2v) is 4.94. The summed E-state index contributed by atoms with van der Waals surface area (Å²) in [5.74, 6) is -0.0124. The standard InChI is InChI=1S/C13H9BrClFO2/c14-9-1-3-13(11(16)6-9)18-12-4-2-10(15)5-8(12)7-17/h1-6,17H,7H2. The molecule has 0 heterocycles. The summed E-state index contributed by atoms with van der Waals surface area (Å²) in [7, 11) is 0. The van der Waals surface area contributed by atoms with Crippen LogP contribution in [0, 0.1) is 5.82 Å². The Kier molecular flexibility index (Phi) is 4.22. The van der Waals surface area contributed by atoms with Crippen molar-refractivity contribution in [1.29, 1.82) is 0 Å².